The van der Waals surface area contributed by atoms with Crippen molar-refractivity contribution in [2.45, 2.75) is 32.7 Å². The molecular formula is C21H24N4O4. The molecule has 2 aromatic heterocycles. The number of amides is 1. The first kappa shape index (κ1) is 19.2. The summed E-state index contributed by atoms with van der Waals surface area (Å²) in [6.45, 7) is 4.59. The normalized spacial score (nSPS) is 17.0. The minimum atomic E-state index is -0.381. The molecule has 4 rings (SSSR count). The van der Waals surface area contributed by atoms with E-state index in [-0.39, 0.29) is 29.9 Å². The second kappa shape index (κ2) is 7.71. The second-order valence-electron chi connectivity index (χ2n) is 7.33. The van der Waals surface area contributed by atoms with Gasteiger partial charge in [0.05, 0.1) is 24.7 Å². The first-order chi connectivity index (χ1) is 14.0. The van der Waals surface area contributed by atoms with Crippen molar-refractivity contribution in [3.8, 4) is 5.75 Å². The summed E-state index contributed by atoms with van der Waals surface area (Å²) in [5, 5.41) is 10.2. The molecule has 1 fully saturated rings. The van der Waals surface area contributed by atoms with Gasteiger partial charge < -0.3 is 9.15 Å². The maximum atomic E-state index is 12.8. The number of rotatable bonds is 5. The number of benzene rings is 1. The molecule has 0 spiro atoms. The van der Waals surface area contributed by atoms with E-state index in [2.05, 4.69) is 26.5 Å². The van der Waals surface area contributed by atoms with Crippen LogP contribution in [0.4, 0.5) is 5.88 Å². The van der Waals surface area contributed by atoms with Gasteiger partial charge in [0, 0.05) is 6.04 Å². The fourth-order valence-corrected chi connectivity index (χ4v) is 4.12. The zero-order valence-electron chi connectivity index (χ0n) is 16.7. The number of ether oxygens (including phenoxy) is 1. The number of fused-ring (bicyclic) bond motifs is 1. The lowest BCUT2D eigenvalue weighted by atomic mass is 10.0. The number of carbonyl (C=O) groups is 1. The molecule has 1 aliphatic heterocycles. The highest BCUT2D eigenvalue weighted by Gasteiger charge is 2.28. The average Bonchev–Trinajstić information content (AvgIpc) is 3.29. The number of likely N-dealkylation sites (tertiary alicyclic amines) is 1. The van der Waals surface area contributed by atoms with Gasteiger partial charge >= 0.3 is 0 Å². The van der Waals surface area contributed by atoms with Gasteiger partial charge in [-0.05, 0) is 50.9 Å². The highest BCUT2D eigenvalue weighted by Crippen LogP contribution is 2.33. The number of furan rings is 1. The van der Waals surface area contributed by atoms with Crippen LogP contribution in [0.25, 0.3) is 10.8 Å². The first-order valence-electron chi connectivity index (χ1n) is 9.64. The molecule has 152 valence electrons. The topological polar surface area (TPSA) is 100 Å². The summed E-state index contributed by atoms with van der Waals surface area (Å²) in [5.74, 6) is 1.32. The number of nitrogens with one attached hydrogen (secondary N) is 2. The Hall–Kier alpha value is -3.13. The number of hydrogen-bond donors (Lipinski definition) is 2. The molecule has 8 nitrogen and oxygen atoms in total. The second-order valence-corrected chi connectivity index (χ2v) is 7.33. The molecule has 0 radical (unpaired) electrons. The van der Waals surface area contributed by atoms with Crippen LogP contribution in [0.5, 0.6) is 5.75 Å². The van der Waals surface area contributed by atoms with Crippen molar-refractivity contribution in [2.24, 2.45) is 0 Å². The van der Waals surface area contributed by atoms with Gasteiger partial charge in [0.25, 0.3) is 5.56 Å². The number of anilines is 1. The fourth-order valence-electron chi connectivity index (χ4n) is 4.12. The molecule has 1 amide bonds. The van der Waals surface area contributed by atoms with Gasteiger partial charge in [0.2, 0.25) is 11.8 Å². The molecule has 1 aromatic carbocycles. The van der Waals surface area contributed by atoms with Gasteiger partial charge in [0.1, 0.15) is 16.9 Å². The van der Waals surface area contributed by atoms with Crippen molar-refractivity contribution >= 4 is 22.6 Å². The van der Waals surface area contributed by atoms with E-state index in [0.29, 0.717) is 22.2 Å². The van der Waals surface area contributed by atoms with Crippen molar-refractivity contribution in [3.63, 3.8) is 0 Å². The van der Waals surface area contributed by atoms with E-state index >= 15 is 0 Å². The largest absolute Gasteiger partial charge is 0.497 e. The average molecular weight is 396 g/mol. The molecule has 0 saturated carbocycles. The van der Waals surface area contributed by atoms with E-state index < -0.39 is 0 Å². The molecule has 8 heteroatoms. The Morgan fingerprint density at radius 1 is 1.38 bits per heavy atom. The van der Waals surface area contributed by atoms with E-state index in [1.54, 1.807) is 21.0 Å². The maximum Gasteiger partial charge on any atom is 0.277 e. The van der Waals surface area contributed by atoms with Crippen molar-refractivity contribution < 1.29 is 13.9 Å². The number of aromatic nitrogens is 2. The number of aryl methyl sites for hydroxylation is 2. The number of nitrogens with zero attached hydrogens (tertiary/aromatic N) is 2. The maximum absolute atomic E-state index is 12.8. The zero-order chi connectivity index (χ0) is 20.5. The Labute approximate surface area is 167 Å². The Kier molecular flexibility index (Phi) is 5.10. The van der Waals surface area contributed by atoms with Gasteiger partial charge in [-0.1, -0.05) is 12.1 Å². The molecule has 3 aromatic rings. The summed E-state index contributed by atoms with van der Waals surface area (Å²) in [5.41, 5.74) is 1.40. The number of hydrogen-bond acceptors (Lipinski definition) is 6. The summed E-state index contributed by atoms with van der Waals surface area (Å²) in [4.78, 5) is 27.1. The lowest BCUT2D eigenvalue weighted by molar-refractivity contribution is -0.117. The third kappa shape index (κ3) is 3.63. The van der Waals surface area contributed by atoms with Crippen LogP contribution in [-0.2, 0) is 4.79 Å². The van der Waals surface area contributed by atoms with Crippen LogP contribution >= 0.6 is 0 Å². The van der Waals surface area contributed by atoms with Crippen LogP contribution in [0, 0.1) is 13.8 Å². The van der Waals surface area contributed by atoms with Gasteiger partial charge in [-0.25, -0.2) is 5.10 Å². The van der Waals surface area contributed by atoms with Crippen LogP contribution in [0.3, 0.4) is 0 Å². The molecule has 3 heterocycles. The summed E-state index contributed by atoms with van der Waals surface area (Å²) in [7, 11) is 1.65. The van der Waals surface area contributed by atoms with Gasteiger partial charge in [-0.15, -0.1) is 0 Å². The molecule has 1 atom stereocenters. The predicted molar refractivity (Wildman–Crippen MR) is 109 cm³/mol. The molecule has 1 unspecified atom stereocenters. The number of carbonyl (C=O) groups excluding carboxylic acids is 1. The summed E-state index contributed by atoms with van der Waals surface area (Å²) >= 11 is 0. The summed E-state index contributed by atoms with van der Waals surface area (Å²) in [6.07, 6.45) is 2.00. The molecule has 1 aliphatic rings. The highest BCUT2D eigenvalue weighted by molar-refractivity contribution is 6.01. The van der Waals surface area contributed by atoms with E-state index in [1.807, 2.05) is 18.2 Å². The monoisotopic (exact) mass is 396 g/mol. The first-order valence-corrected chi connectivity index (χ1v) is 9.64. The molecule has 0 bridgehead atoms. The SMILES string of the molecule is COc1cccc(C2CCCN2CC(=O)Nc2oc(C)c3c(C)n[nH]c(=O)c23)c1. The molecule has 0 aliphatic carbocycles. The van der Waals surface area contributed by atoms with Gasteiger partial charge in [-0.3, -0.25) is 19.8 Å². The fraction of sp³-hybridized carbons (Fsp3) is 0.381. The summed E-state index contributed by atoms with van der Waals surface area (Å²) in [6, 6.07) is 8.10. The quantitative estimate of drug-likeness (QED) is 0.688. The Bertz CT molecular complexity index is 1120. The van der Waals surface area contributed by atoms with Crippen LogP contribution in [0.1, 0.15) is 35.9 Å². The van der Waals surface area contributed by atoms with E-state index in [4.69, 9.17) is 9.15 Å². The Morgan fingerprint density at radius 3 is 3.00 bits per heavy atom. The standard InChI is InChI=1S/C21H24N4O4/c1-12-18-13(2)29-21(19(18)20(27)24-23-12)22-17(26)11-25-9-5-8-16(25)14-6-4-7-15(10-14)28-3/h4,6-7,10,16H,5,8-9,11H2,1-3H3,(H,22,26)(H,24,27). The van der Waals surface area contributed by atoms with E-state index in [0.717, 1.165) is 30.7 Å². The third-order valence-electron chi connectivity index (χ3n) is 5.44. The third-order valence-corrected chi connectivity index (χ3v) is 5.44. The van der Waals surface area contributed by atoms with E-state index in [1.165, 1.54) is 0 Å². The number of methoxy groups -OCH3 is 1. The lowest BCUT2D eigenvalue weighted by Gasteiger charge is -2.24. The predicted octanol–water partition coefficient (Wildman–Crippen LogP) is 2.92. The van der Waals surface area contributed by atoms with E-state index in [9.17, 15) is 9.59 Å². The minimum Gasteiger partial charge on any atom is -0.497 e. The molecule has 2 N–H and O–H groups in total. The molecule has 1 saturated heterocycles. The van der Waals surface area contributed by atoms with Crippen LogP contribution in [0.2, 0.25) is 0 Å². The number of aromatic amines is 1. The van der Waals surface area contributed by atoms with Crippen molar-refractivity contribution in [3.05, 3.63) is 51.6 Å². The van der Waals surface area contributed by atoms with Crippen LogP contribution in [0.15, 0.2) is 33.5 Å². The van der Waals surface area contributed by atoms with Gasteiger partial charge in [0.15, 0.2) is 0 Å². The van der Waals surface area contributed by atoms with Crippen LogP contribution < -0.4 is 15.6 Å². The molecular weight excluding hydrogens is 372 g/mol. The minimum absolute atomic E-state index is 0.153. The highest BCUT2D eigenvalue weighted by atomic mass is 16.5. The van der Waals surface area contributed by atoms with Gasteiger partial charge in [-0.2, -0.15) is 5.10 Å². The number of H-pyrrole nitrogens is 1. The van der Waals surface area contributed by atoms with Crippen molar-refractivity contribution in [2.75, 3.05) is 25.5 Å². The van der Waals surface area contributed by atoms with Crippen molar-refractivity contribution in [1.29, 1.82) is 0 Å². The van der Waals surface area contributed by atoms with Crippen molar-refractivity contribution in [1.82, 2.24) is 15.1 Å². The molecule has 29 heavy (non-hydrogen) atoms. The Morgan fingerprint density at radius 2 is 2.21 bits per heavy atom. The Balaban J connectivity index is 1.53. The smallest absolute Gasteiger partial charge is 0.277 e. The lowest BCUT2D eigenvalue weighted by Crippen LogP contribution is -2.33. The zero-order valence-corrected chi connectivity index (χ0v) is 16.7. The summed E-state index contributed by atoms with van der Waals surface area (Å²) < 4.78 is 11.0. The van der Waals surface area contributed by atoms with Crippen LogP contribution in [-0.4, -0.2) is 41.2 Å².